The van der Waals surface area contributed by atoms with E-state index in [9.17, 15) is 4.79 Å². The molecule has 2 aromatic rings. The van der Waals surface area contributed by atoms with Gasteiger partial charge in [0.1, 0.15) is 0 Å². The predicted molar refractivity (Wildman–Crippen MR) is 105 cm³/mol. The third kappa shape index (κ3) is 2.61. The van der Waals surface area contributed by atoms with Crippen molar-refractivity contribution in [3.63, 3.8) is 0 Å². The van der Waals surface area contributed by atoms with Gasteiger partial charge in [-0.25, -0.2) is 0 Å². The fourth-order valence-electron chi connectivity index (χ4n) is 3.78. The summed E-state index contributed by atoms with van der Waals surface area (Å²) in [5.41, 5.74) is 2.97. The Morgan fingerprint density at radius 1 is 1.29 bits per heavy atom. The number of benzene rings is 2. The predicted octanol–water partition coefficient (Wildman–Crippen LogP) is 4.47. The summed E-state index contributed by atoms with van der Waals surface area (Å²) in [5, 5.41) is 0. The van der Waals surface area contributed by atoms with Crippen molar-refractivity contribution < 1.29 is 9.53 Å². The molecular weight excluding hydrogens is 481 g/mol. The summed E-state index contributed by atoms with van der Waals surface area (Å²) < 4.78 is 8.40. The minimum Gasteiger partial charge on any atom is -0.368 e. The fraction of sp³-hybridized carbons (Fsp3) is 0.316. The number of fused-ring (bicyclic) bond motifs is 3. The zero-order valence-electron chi connectivity index (χ0n) is 13.3. The highest BCUT2D eigenvalue weighted by Crippen LogP contribution is 2.47. The molecule has 0 aliphatic carbocycles. The van der Waals surface area contributed by atoms with E-state index in [2.05, 4.69) is 63.6 Å². The zero-order chi connectivity index (χ0) is 16.9. The highest BCUT2D eigenvalue weighted by atomic mass is 127. The summed E-state index contributed by atoms with van der Waals surface area (Å²) in [6.07, 6.45) is 0. The highest BCUT2D eigenvalue weighted by molar-refractivity contribution is 14.1. The molecule has 0 aromatic heterocycles. The van der Waals surface area contributed by atoms with Gasteiger partial charge < -0.3 is 9.64 Å². The average Bonchev–Trinajstić information content (AvgIpc) is 2.83. The Bertz CT molecular complexity index is 811. The van der Waals surface area contributed by atoms with Gasteiger partial charge in [-0.05, 0) is 68.2 Å². The number of nitrogens with zero attached hydrogens (tertiary/aromatic N) is 1. The molecule has 0 saturated carbocycles. The van der Waals surface area contributed by atoms with E-state index in [1.807, 2.05) is 29.2 Å². The van der Waals surface area contributed by atoms with Gasteiger partial charge in [0, 0.05) is 14.6 Å². The monoisotopic (exact) mass is 497 g/mol. The van der Waals surface area contributed by atoms with E-state index in [1.165, 1.54) is 0 Å². The molecule has 124 valence electrons. The number of hydrogen-bond acceptors (Lipinski definition) is 2. The lowest BCUT2D eigenvalue weighted by Gasteiger charge is -2.36. The first-order chi connectivity index (χ1) is 11.5. The van der Waals surface area contributed by atoms with Crippen LogP contribution < -0.4 is 0 Å². The van der Waals surface area contributed by atoms with Crippen LogP contribution in [0.3, 0.4) is 0 Å². The Kier molecular flexibility index (Phi) is 4.21. The molecule has 3 nitrogen and oxygen atoms in total. The molecule has 0 N–H and O–H groups in total. The van der Waals surface area contributed by atoms with Crippen molar-refractivity contribution in [2.45, 2.75) is 31.6 Å². The fourth-order valence-corrected chi connectivity index (χ4v) is 4.80. The number of hydrogen-bond donors (Lipinski definition) is 0. The van der Waals surface area contributed by atoms with E-state index in [0.717, 1.165) is 24.7 Å². The Morgan fingerprint density at radius 3 is 2.79 bits per heavy atom. The van der Waals surface area contributed by atoms with Crippen LogP contribution in [0.2, 0.25) is 0 Å². The maximum atomic E-state index is 13.1. The maximum absolute atomic E-state index is 13.1. The van der Waals surface area contributed by atoms with Crippen LogP contribution in [-0.4, -0.2) is 23.0 Å². The molecule has 2 aliphatic rings. The van der Waals surface area contributed by atoms with Crippen LogP contribution in [0.15, 0.2) is 46.9 Å². The summed E-state index contributed by atoms with van der Waals surface area (Å²) in [6.45, 7) is 3.90. The van der Waals surface area contributed by atoms with Gasteiger partial charge in [0.2, 0.25) is 5.91 Å². The van der Waals surface area contributed by atoms with Gasteiger partial charge in [-0.2, -0.15) is 0 Å². The summed E-state index contributed by atoms with van der Waals surface area (Å²) in [4.78, 5) is 15.1. The van der Waals surface area contributed by atoms with Crippen molar-refractivity contribution in [2.24, 2.45) is 0 Å². The van der Waals surface area contributed by atoms with E-state index in [4.69, 9.17) is 4.74 Å². The van der Waals surface area contributed by atoms with Crippen LogP contribution in [0, 0.1) is 3.57 Å². The Morgan fingerprint density at radius 2 is 2.04 bits per heavy atom. The van der Waals surface area contributed by atoms with Crippen molar-refractivity contribution in [1.29, 1.82) is 0 Å². The summed E-state index contributed by atoms with van der Waals surface area (Å²) in [6, 6.07) is 14.3. The first kappa shape index (κ1) is 16.5. The molecule has 0 bridgehead atoms. The maximum Gasteiger partial charge on any atom is 0.233 e. The first-order valence-electron chi connectivity index (χ1n) is 7.93. The van der Waals surface area contributed by atoms with Crippen molar-refractivity contribution in [3.8, 4) is 0 Å². The normalized spacial score (nSPS) is 25.5. The topological polar surface area (TPSA) is 29.5 Å². The second kappa shape index (κ2) is 6.11. The minimum absolute atomic E-state index is 0.167. The zero-order valence-corrected chi connectivity index (χ0v) is 17.0. The van der Waals surface area contributed by atoms with Crippen molar-refractivity contribution >= 4 is 44.4 Å². The lowest BCUT2D eigenvalue weighted by atomic mass is 9.81. The van der Waals surface area contributed by atoms with E-state index in [0.29, 0.717) is 19.7 Å². The Hall–Kier alpha value is -0.920. The lowest BCUT2D eigenvalue weighted by molar-refractivity contribution is -0.131. The molecule has 24 heavy (non-hydrogen) atoms. The molecule has 2 heterocycles. The number of likely N-dealkylation sites (tertiary alicyclic amines) is 1. The number of amides is 1. The van der Waals surface area contributed by atoms with Crippen molar-refractivity contribution in [3.05, 3.63) is 67.2 Å². The largest absolute Gasteiger partial charge is 0.368 e. The Balaban J connectivity index is 1.70. The quantitative estimate of drug-likeness (QED) is 0.573. The van der Waals surface area contributed by atoms with Gasteiger partial charge in [-0.3, -0.25) is 4.79 Å². The van der Waals surface area contributed by atoms with Crippen LogP contribution in [0.5, 0.6) is 0 Å². The van der Waals surface area contributed by atoms with Crippen molar-refractivity contribution in [1.82, 2.24) is 4.90 Å². The molecule has 2 atom stereocenters. The molecule has 4 rings (SSSR count). The van der Waals surface area contributed by atoms with Gasteiger partial charge in [-0.15, -0.1) is 0 Å². The molecule has 0 spiro atoms. The molecule has 1 amide bonds. The van der Waals surface area contributed by atoms with E-state index in [-0.39, 0.29) is 11.8 Å². The summed E-state index contributed by atoms with van der Waals surface area (Å²) in [7, 11) is 0. The molecule has 1 fully saturated rings. The SMILES string of the molecule is C[C@]12CN(Cc3ccccc3)C(=O)[C@@H]1c1ccc(Br)c(I)c1CO2. The van der Waals surface area contributed by atoms with E-state index >= 15 is 0 Å². The number of carbonyl (C=O) groups excluding carboxylic acids is 1. The molecular formula is C19H17BrINO2. The van der Waals surface area contributed by atoms with Gasteiger partial charge in [0.05, 0.1) is 24.7 Å². The van der Waals surface area contributed by atoms with Crippen molar-refractivity contribution in [2.75, 3.05) is 6.54 Å². The second-order valence-corrected chi connectivity index (χ2v) is 8.58. The molecule has 0 radical (unpaired) electrons. The molecule has 2 aliphatic heterocycles. The molecule has 5 heteroatoms. The van der Waals surface area contributed by atoms with Crippen LogP contribution in [0.1, 0.15) is 29.5 Å². The van der Waals surface area contributed by atoms with Gasteiger partial charge in [0.25, 0.3) is 0 Å². The number of halogens is 2. The minimum atomic E-state index is -0.449. The van der Waals surface area contributed by atoms with Crippen LogP contribution in [0.25, 0.3) is 0 Å². The first-order valence-corrected chi connectivity index (χ1v) is 9.80. The van der Waals surface area contributed by atoms with Crippen LogP contribution in [0.4, 0.5) is 0 Å². The lowest BCUT2D eigenvalue weighted by Crippen LogP contribution is -2.40. The third-order valence-corrected chi connectivity index (χ3v) is 7.61. The molecule has 1 saturated heterocycles. The number of ether oxygens (including phenoxy) is 1. The van der Waals surface area contributed by atoms with Crippen LogP contribution in [-0.2, 0) is 22.7 Å². The molecule has 2 aromatic carbocycles. The van der Waals surface area contributed by atoms with E-state index < -0.39 is 5.60 Å². The number of rotatable bonds is 2. The van der Waals surface area contributed by atoms with Gasteiger partial charge in [0.15, 0.2) is 0 Å². The smallest absolute Gasteiger partial charge is 0.233 e. The summed E-state index contributed by atoms with van der Waals surface area (Å²) >= 11 is 5.90. The van der Waals surface area contributed by atoms with Gasteiger partial charge >= 0.3 is 0 Å². The van der Waals surface area contributed by atoms with Gasteiger partial charge in [-0.1, -0.05) is 36.4 Å². The molecule has 0 unspecified atom stereocenters. The standard InChI is InChI=1S/C19H17BrINO2/c1-19-11-22(9-12-5-3-2-4-6-12)18(23)16(19)13-7-8-15(20)17(21)14(13)10-24-19/h2-8,16H,9-11H2,1H3/t16-,19-/m0/s1. The second-order valence-electron chi connectivity index (χ2n) is 6.64. The number of carbonyl (C=O) groups is 1. The third-order valence-electron chi connectivity index (χ3n) is 4.98. The summed E-state index contributed by atoms with van der Waals surface area (Å²) in [5.74, 6) is -0.0491. The van der Waals surface area contributed by atoms with Crippen LogP contribution >= 0.6 is 38.5 Å². The average molecular weight is 498 g/mol. The van der Waals surface area contributed by atoms with E-state index in [1.54, 1.807) is 0 Å². The highest BCUT2D eigenvalue weighted by Gasteiger charge is 2.53. The Labute approximate surface area is 163 Å².